The van der Waals surface area contributed by atoms with Crippen molar-refractivity contribution >= 4 is 43.3 Å². The quantitative estimate of drug-likeness (QED) is 0.621. The third kappa shape index (κ3) is 4.98. The first-order chi connectivity index (χ1) is 14.7. The SMILES string of the molecule is O=C(CCS(=O)(=O)c1cc2c(cc1Br)CCN2C(=O)C1CC1)NCc1ccc(F)cc1. The monoisotopic (exact) mass is 508 g/mol. The Kier molecular flexibility index (Phi) is 6.16. The molecule has 0 radical (unpaired) electrons. The Bertz CT molecular complexity index is 1130. The normalized spacial score (nSPS) is 15.6. The number of amides is 2. The smallest absolute Gasteiger partial charge is 0.230 e. The minimum atomic E-state index is -3.75. The van der Waals surface area contributed by atoms with Gasteiger partial charge in [0.2, 0.25) is 11.8 Å². The summed E-state index contributed by atoms with van der Waals surface area (Å²) in [4.78, 5) is 26.5. The highest BCUT2D eigenvalue weighted by atomic mass is 79.9. The number of anilines is 1. The fourth-order valence-electron chi connectivity index (χ4n) is 3.63. The van der Waals surface area contributed by atoms with Crippen LogP contribution in [0.2, 0.25) is 0 Å². The van der Waals surface area contributed by atoms with Crippen LogP contribution in [0.25, 0.3) is 0 Å². The highest BCUT2D eigenvalue weighted by Gasteiger charge is 2.37. The van der Waals surface area contributed by atoms with Crippen LogP contribution in [0.1, 0.15) is 30.4 Å². The second-order valence-corrected chi connectivity index (χ2v) is 10.8. The van der Waals surface area contributed by atoms with E-state index in [2.05, 4.69) is 21.2 Å². The lowest BCUT2D eigenvalue weighted by Gasteiger charge is -2.18. The predicted molar refractivity (Wildman–Crippen MR) is 118 cm³/mol. The largest absolute Gasteiger partial charge is 0.352 e. The van der Waals surface area contributed by atoms with Crippen molar-refractivity contribution in [2.45, 2.75) is 37.1 Å². The minimum Gasteiger partial charge on any atom is -0.352 e. The van der Waals surface area contributed by atoms with E-state index in [9.17, 15) is 22.4 Å². The Morgan fingerprint density at radius 3 is 2.55 bits per heavy atom. The van der Waals surface area contributed by atoms with Crippen molar-refractivity contribution in [3.05, 3.63) is 57.8 Å². The number of nitrogens with zero attached hydrogens (tertiary/aromatic N) is 1. The van der Waals surface area contributed by atoms with Gasteiger partial charge in [-0.2, -0.15) is 0 Å². The van der Waals surface area contributed by atoms with Gasteiger partial charge in [-0.3, -0.25) is 9.59 Å². The zero-order valence-electron chi connectivity index (χ0n) is 16.7. The first-order valence-corrected chi connectivity index (χ1v) is 12.6. The highest BCUT2D eigenvalue weighted by molar-refractivity contribution is 9.10. The molecule has 1 aliphatic carbocycles. The molecule has 1 saturated carbocycles. The maximum absolute atomic E-state index is 12.9. The molecule has 1 N–H and O–H groups in total. The number of rotatable bonds is 7. The van der Waals surface area contributed by atoms with E-state index < -0.39 is 15.7 Å². The topological polar surface area (TPSA) is 83.6 Å². The van der Waals surface area contributed by atoms with Gasteiger partial charge in [0, 0.05) is 35.6 Å². The minimum absolute atomic E-state index is 0.0551. The molecule has 2 aliphatic rings. The summed E-state index contributed by atoms with van der Waals surface area (Å²) < 4.78 is 39.3. The summed E-state index contributed by atoms with van der Waals surface area (Å²) in [5, 5.41) is 2.65. The molecule has 0 aromatic heterocycles. The summed E-state index contributed by atoms with van der Waals surface area (Å²) in [6.45, 7) is 0.756. The molecule has 0 saturated heterocycles. The molecule has 6 nitrogen and oxygen atoms in total. The van der Waals surface area contributed by atoms with Crippen LogP contribution in [0.15, 0.2) is 45.8 Å². The summed E-state index contributed by atoms with van der Waals surface area (Å²) in [5.41, 5.74) is 2.32. The van der Waals surface area contributed by atoms with Gasteiger partial charge in [0.05, 0.1) is 10.6 Å². The lowest BCUT2D eigenvalue weighted by atomic mass is 10.2. The second-order valence-electron chi connectivity index (χ2n) is 7.90. The van der Waals surface area contributed by atoms with Crippen LogP contribution in [-0.4, -0.2) is 32.5 Å². The van der Waals surface area contributed by atoms with Gasteiger partial charge in [-0.05, 0) is 70.6 Å². The number of hydrogen-bond donors (Lipinski definition) is 1. The molecule has 31 heavy (non-hydrogen) atoms. The van der Waals surface area contributed by atoms with E-state index in [1.54, 1.807) is 29.2 Å². The second kappa shape index (κ2) is 8.70. The van der Waals surface area contributed by atoms with Crippen LogP contribution in [-0.2, 0) is 32.4 Å². The average Bonchev–Trinajstić information content (AvgIpc) is 3.51. The molecular formula is C22H22BrFN2O4S. The molecule has 4 rings (SSSR count). The van der Waals surface area contributed by atoms with E-state index in [0.29, 0.717) is 23.1 Å². The van der Waals surface area contributed by atoms with E-state index in [1.807, 2.05) is 0 Å². The van der Waals surface area contributed by atoms with Gasteiger partial charge in [-0.1, -0.05) is 12.1 Å². The zero-order valence-corrected chi connectivity index (χ0v) is 19.1. The van der Waals surface area contributed by atoms with Crippen LogP contribution in [0.4, 0.5) is 10.1 Å². The molecular weight excluding hydrogens is 487 g/mol. The Morgan fingerprint density at radius 2 is 1.87 bits per heavy atom. The van der Waals surface area contributed by atoms with Crippen molar-refractivity contribution < 1.29 is 22.4 Å². The lowest BCUT2D eigenvalue weighted by molar-refractivity contribution is -0.121. The van der Waals surface area contributed by atoms with Gasteiger partial charge in [-0.25, -0.2) is 12.8 Å². The van der Waals surface area contributed by atoms with Gasteiger partial charge in [0.25, 0.3) is 0 Å². The number of hydrogen-bond acceptors (Lipinski definition) is 4. The number of nitrogens with one attached hydrogen (secondary N) is 1. The fraction of sp³-hybridized carbons (Fsp3) is 0.364. The molecule has 2 aromatic rings. The van der Waals surface area contributed by atoms with E-state index in [0.717, 1.165) is 24.0 Å². The van der Waals surface area contributed by atoms with Crippen LogP contribution in [0.3, 0.4) is 0 Å². The van der Waals surface area contributed by atoms with Gasteiger partial charge >= 0.3 is 0 Å². The van der Waals surface area contributed by atoms with E-state index in [1.165, 1.54) is 12.1 Å². The predicted octanol–water partition coefficient (Wildman–Crippen LogP) is 3.37. The summed E-state index contributed by atoms with van der Waals surface area (Å²) >= 11 is 3.34. The number of carbonyl (C=O) groups is 2. The molecule has 0 atom stereocenters. The zero-order chi connectivity index (χ0) is 22.2. The third-order valence-corrected chi connectivity index (χ3v) is 8.23. The summed E-state index contributed by atoms with van der Waals surface area (Å²) in [6, 6.07) is 9.03. The van der Waals surface area contributed by atoms with Crippen LogP contribution >= 0.6 is 15.9 Å². The molecule has 2 amide bonds. The highest BCUT2D eigenvalue weighted by Crippen LogP contribution is 2.39. The van der Waals surface area contributed by atoms with Crippen LogP contribution in [0.5, 0.6) is 0 Å². The van der Waals surface area contributed by atoms with E-state index in [4.69, 9.17) is 0 Å². The molecule has 164 valence electrons. The number of benzene rings is 2. The van der Waals surface area contributed by atoms with Crippen molar-refractivity contribution in [2.75, 3.05) is 17.2 Å². The average molecular weight is 509 g/mol. The standard InChI is InChI=1S/C22H22BrFN2O4S/c23-18-11-16-7-9-26(22(28)15-3-4-15)19(16)12-20(18)31(29,30)10-8-21(27)25-13-14-1-5-17(24)6-2-14/h1-2,5-6,11-12,15H,3-4,7-10,13H2,(H,25,27). The lowest BCUT2D eigenvalue weighted by Crippen LogP contribution is -2.30. The van der Waals surface area contributed by atoms with Gasteiger partial charge in [-0.15, -0.1) is 0 Å². The summed E-state index contributed by atoms with van der Waals surface area (Å²) in [5.74, 6) is -1.01. The van der Waals surface area contributed by atoms with E-state index in [-0.39, 0.29) is 41.3 Å². The fourth-order valence-corrected chi connectivity index (χ4v) is 6.09. The Morgan fingerprint density at radius 1 is 1.16 bits per heavy atom. The molecule has 0 unspecified atom stereocenters. The van der Waals surface area contributed by atoms with Crippen LogP contribution < -0.4 is 10.2 Å². The van der Waals surface area contributed by atoms with Crippen molar-refractivity contribution in [1.82, 2.24) is 5.32 Å². The summed E-state index contributed by atoms with van der Waals surface area (Å²) in [7, 11) is -3.75. The van der Waals surface area contributed by atoms with Crippen molar-refractivity contribution in [1.29, 1.82) is 0 Å². The van der Waals surface area contributed by atoms with Gasteiger partial charge in [0.15, 0.2) is 9.84 Å². The molecule has 0 bridgehead atoms. The van der Waals surface area contributed by atoms with Gasteiger partial charge < -0.3 is 10.2 Å². The Balaban J connectivity index is 1.42. The Hall–Kier alpha value is -2.26. The maximum Gasteiger partial charge on any atom is 0.230 e. The van der Waals surface area contributed by atoms with Gasteiger partial charge in [0.1, 0.15) is 5.82 Å². The van der Waals surface area contributed by atoms with Crippen molar-refractivity contribution in [2.24, 2.45) is 5.92 Å². The molecule has 1 aliphatic heterocycles. The Labute approximate surface area is 188 Å². The summed E-state index contributed by atoms with van der Waals surface area (Å²) in [6.07, 6.45) is 2.27. The van der Waals surface area contributed by atoms with Crippen molar-refractivity contribution in [3.8, 4) is 0 Å². The van der Waals surface area contributed by atoms with Crippen LogP contribution in [0, 0.1) is 11.7 Å². The maximum atomic E-state index is 12.9. The number of fused-ring (bicyclic) bond motifs is 1. The molecule has 1 heterocycles. The molecule has 2 aromatic carbocycles. The van der Waals surface area contributed by atoms with Crippen molar-refractivity contribution in [3.63, 3.8) is 0 Å². The van der Waals surface area contributed by atoms with E-state index >= 15 is 0 Å². The number of carbonyl (C=O) groups excluding carboxylic acids is 2. The molecule has 0 spiro atoms. The number of sulfone groups is 1. The molecule has 1 fully saturated rings. The number of halogens is 2. The first-order valence-electron chi connectivity index (χ1n) is 10.1. The first kappa shape index (κ1) is 22.0. The third-order valence-electron chi connectivity index (χ3n) is 5.56. The molecule has 9 heteroatoms.